The molecule has 1 spiro atoms. The van der Waals surface area contributed by atoms with Gasteiger partial charge in [0.2, 0.25) is 0 Å². The molecule has 0 unspecified atom stereocenters. The second kappa shape index (κ2) is 6.60. The van der Waals surface area contributed by atoms with Crippen LogP contribution in [0.3, 0.4) is 0 Å². The van der Waals surface area contributed by atoms with E-state index in [0.717, 1.165) is 31.2 Å². The molecule has 4 fully saturated rings. The van der Waals surface area contributed by atoms with Gasteiger partial charge in [0.25, 0.3) is 0 Å². The number of nitrogens with zero attached hydrogens (tertiary/aromatic N) is 1. The summed E-state index contributed by atoms with van der Waals surface area (Å²) in [6.45, 7) is 1.49. The molecule has 140 valence electrons. The van der Waals surface area contributed by atoms with E-state index in [1.54, 1.807) is 5.06 Å². The Hall–Kier alpha value is -1.47. The van der Waals surface area contributed by atoms with Crippen molar-refractivity contribution in [2.75, 3.05) is 13.2 Å². The molecule has 3 aliphatic heterocycles. The van der Waals surface area contributed by atoms with Crippen LogP contribution in [0.1, 0.15) is 37.7 Å². The van der Waals surface area contributed by atoms with E-state index in [1.807, 2.05) is 30.3 Å². The molecule has 0 N–H and O–H groups in total. The number of esters is 1. The van der Waals surface area contributed by atoms with Crippen LogP contribution in [-0.2, 0) is 30.4 Å². The third kappa shape index (κ3) is 2.85. The number of cyclic esters (lactones) is 1. The molecule has 4 atom stereocenters. The van der Waals surface area contributed by atoms with Crippen molar-refractivity contribution in [2.24, 2.45) is 5.92 Å². The van der Waals surface area contributed by atoms with Crippen LogP contribution in [-0.4, -0.2) is 48.3 Å². The number of hydrogen-bond acceptors (Lipinski definition) is 6. The van der Waals surface area contributed by atoms with Crippen molar-refractivity contribution >= 4 is 5.97 Å². The van der Waals surface area contributed by atoms with Crippen molar-refractivity contribution in [3.05, 3.63) is 35.9 Å². The fourth-order valence-electron chi connectivity index (χ4n) is 4.77. The number of benzene rings is 1. The maximum atomic E-state index is 12.3. The highest BCUT2D eigenvalue weighted by Crippen LogP contribution is 2.43. The van der Waals surface area contributed by atoms with Gasteiger partial charge in [0.15, 0.2) is 5.79 Å². The van der Waals surface area contributed by atoms with Gasteiger partial charge >= 0.3 is 5.97 Å². The van der Waals surface area contributed by atoms with Gasteiger partial charge in [-0.3, -0.25) is 9.63 Å². The summed E-state index contributed by atoms with van der Waals surface area (Å²) in [5, 5.41) is 1.79. The number of carbonyl (C=O) groups is 1. The van der Waals surface area contributed by atoms with E-state index in [-0.39, 0.29) is 30.1 Å². The lowest BCUT2D eigenvalue weighted by Gasteiger charge is -2.32. The SMILES string of the molecule is O=C1OC[C@@H]2[C@@H]([C@H]3COC4(CCCCC4)O3)ON(Cc3ccccc3)[C@H]12. The number of hydrogen-bond donors (Lipinski definition) is 0. The number of fused-ring (bicyclic) bond motifs is 1. The smallest absolute Gasteiger partial charge is 0.326 e. The van der Waals surface area contributed by atoms with Gasteiger partial charge in [0.1, 0.15) is 18.2 Å². The van der Waals surface area contributed by atoms with E-state index in [0.29, 0.717) is 19.8 Å². The molecule has 0 radical (unpaired) electrons. The molecule has 3 heterocycles. The zero-order valence-corrected chi connectivity index (χ0v) is 14.8. The third-order valence-corrected chi connectivity index (χ3v) is 6.09. The topological polar surface area (TPSA) is 57.2 Å². The van der Waals surface area contributed by atoms with Gasteiger partial charge in [0.05, 0.1) is 25.7 Å². The van der Waals surface area contributed by atoms with E-state index in [2.05, 4.69) is 0 Å². The molecule has 0 amide bonds. The monoisotopic (exact) mass is 359 g/mol. The van der Waals surface area contributed by atoms with Crippen LogP contribution in [0.5, 0.6) is 0 Å². The Morgan fingerprint density at radius 1 is 1.08 bits per heavy atom. The summed E-state index contributed by atoms with van der Waals surface area (Å²) in [6, 6.07) is 9.70. The van der Waals surface area contributed by atoms with Crippen molar-refractivity contribution in [1.82, 2.24) is 5.06 Å². The van der Waals surface area contributed by atoms with Gasteiger partial charge in [-0.1, -0.05) is 36.8 Å². The average molecular weight is 359 g/mol. The fraction of sp³-hybridized carbons (Fsp3) is 0.650. The van der Waals surface area contributed by atoms with Crippen molar-refractivity contribution in [2.45, 2.75) is 62.7 Å². The molecule has 6 heteroatoms. The van der Waals surface area contributed by atoms with Gasteiger partial charge in [0, 0.05) is 12.8 Å². The van der Waals surface area contributed by atoms with Gasteiger partial charge in [-0.2, -0.15) is 5.06 Å². The molecular weight excluding hydrogens is 334 g/mol. The second-order valence-corrected chi connectivity index (χ2v) is 7.81. The molecule has 3 saturated heterocycles. The Kier molecular flexibility index (Phi) is 4.24. The number of hydroxylamine groups is 2. The summed E-state index contributed by atoms with van der Waals surface area (Å²) in [5.74, 6) is -0.628. The molecule has 5 rings (SSSR count). The molecule has 1 saturated carbocycles. The van der Waals surface area contributed by atoms with Crippen LogP contribution >= 0.6 is 0 Å². The van der Waals surface area contributed by atoms with Crippen LogP contribution in [0, 0.1) is 5.92 Å². The lowest BCUT2D eigenvalue weighted by atomic mass is 9.93. The Labute approximate surface area is 153 Å². The molecule has 26 heavy (non-hydrogen) atoms. The largest absolute Gasteiger partial charge is 0.464 e. The molecule has 1 aliphatic carbocycles. The number of ether oxygens (including phenoxy) is 3. The molecule has 1 aromatic carbocycles. The molecule has 4 aliphatic rings. The lowest BCUT2D eigenvalue weighted by Crippen LogP contribution is -2.39. The van der Waals surface area contributed by atoms with Crippen LogP contribution in [0.2, 0.25) is 0 Å². The van der Waals surface area contributed by atoms with E-state index >= 15 is 0 Å². The summed E-state index contributed by atoms with van der Waals surface area (Å²) in [7, 11) is 0. The number of carbonyl (C=O) groups excluding carboxylic acids is 1. The highest BCUT2D eigenvalue weighted by Gasteiger charge is 2.58. The van der Waals surface area contributed by atoms with Crippen LogP contribution in [0.15, 0.2) is 30.3 Å². The second-order valence-electron chi connectivity index (χ2n) is 7.81. The highest BCUT2D eigenvalue weighted by molar-refractivity contribution is 5.78. The van der Waals surface area contributed by atoms with Gasteiger partial charge in [-0.05, 0) is 18.4 Å². The molecule has 1 aromatic rings. The quantitative estimate of drug-likeness (QED) is 0.773. The predicted molar refractivity (Wildman–Crippen MR) is 91.7 cm³/mol. The number of rotatable bonds is 3. The van der Waals surface area contributed by atoms with Crippen molar-refractivity contribution in [3.63, 3.8) is 0 Å². The van der Waals surface area contributed by atoms with E-state index in [4.69, 9.17) is 19.0 Å². The Bertz CT molecular complexity index is 659. The lowest BCUT2D eigenvalue weighted by molar-refractivity contribution is -0.229. The van der Waals surface area contributed by atoms with Crippen LogP contribution in [0.4, 0.5) is 0 Å². The summed E-state index contributed by atoms with van der Waals surface area (Å²) < 4.78 is 17.8. The van der Waals surface area contributed by atoms with Gasteiger partial charge in [-0.15, -0.1) is 0 Å². The normalized spacial score (nSPS) is 36.4. The zero-order valence-electron chi connectivity index (χ0n) is 14.8. The minimum absolute atomic E-state index is 0.00134. The van der Waals surface area contributed by atoms with Crippen molar-refractivity contribution < 1.29 is 23.8 Å². The average Bonchev–Trinajstić information content (AvgIpc) is 3.34. The summed E-state index contributed by atoms with van der Waals surface area (Å²) >= 11 is 0. The first-order valence-electron chi connectivity index (χ1n) is 9.70. The molecule has 6 nitrogen and oxygen atoms in total. The van der Waals surface area contributed by atoms with Gasteiger partial charge in [-0.25, -0.2) is 0 Å². The maximum Gasteiger partial charge on any atom is 0.326 e. The fourth-order valence-corrected chi connectivity index (χ4v) is 4.77. The highest BCUT2D eigenvalue weighted by atomic mass is 16.8. The van der Waals surface area contributed by atoms with Crippen LogP contribution in [0.25, 0.3) is 0 Å². The first-order chi connectivity index (χ1) is 12.7. The third-order valence-electron chi connectivity index (χ3n) is 6.09. The maximum absolute atomic E-state index is 12.3. The minimum Gasteiger partial charge on any atom is -0.464 e. The van der Waals surface area contributed by atoms with Gasteiger partial charge < -0.3 is 14.2 Å². The Balaban J connectivity index is 1.33. The van der Waals surface area contributed by atoms with E-state index in [1.165, 1.54) is 6.42 Å². The summed E-state index contributed by atoms with van der Waals surface area (Å²) in [5.41, 5.74) is 1.11. The summed E-state index contributed by atoms with van der Waals surface area (Å²) in [6.07, 6.45) is 5.10. The van der Waals surface area contributed by atoms with Crippen molar-refractivity contribution in [3.8, 4) is 0 Å². The molecule has 0 aromatic heterocycles. The minimum atomic E-state index is -0.432. The van der Waals surface area contributed by atoms with Crippen molar-refractivity contribution in [1.29, 1.82) is 0 Å². The Morgan fingerprint density at radius 2 is 1.88 bits per heavy atom. The zero-order chi connectivity index (χ0) is 17.6. The van der Waals surface area contributed by atoms with Crippen LogP contribution < -0.4 is 0 Å². The predicted octanol–water partition coefficient (Wildman–Crippen LogP) is 2.42. The standard InChI is InChI=1S/C20H25NO5/c22-19-17-15(12-23-19)18(26-21(17)11-14-7-3-1-4-8-14)16-13-24-20(25-16)9-5-2-6-10-20/h1,3-4,7-8,15-18H,2,5-6,9-13H2/t15-,16+,17-,18-/m0/s1. The Morgan fingerprint density at radius 3 is 2.69 bits per heavy atom. The van der Waals surface area contributed by atoms with E-state index < -0.39 is 5.79 Å². The first kappa shape index (κ1) is 16.7. The molecule has 0 bridgehead atoms. The van der Waals surface area contributed by atoms with E-state index in [9.17, 15) is 4.79 Å². The summed E-state index contributed by atoms with van der Waals surface area (Å²) in [4.78, 5) is 18.5. The molecular formula is C20H25NO5. The first-order valence-corrected chi connectivity index (χ1v) is 9.70.